The van der Waals surface area contributed by atoms with Crippen molar-refractivity contribution in [3.05, 3.63) is 16.6 Å². The van der Waals surface area contributed by atoms with Crippen LogP contribution in [0.3, 0.4) is 0 Å². The summed E-state index contributed by atoms with van der Waals surface area (Å²) in [4.78, 5) is 18.6. The summed E-state index contributed by atoms with van der Waals surface area (Å²) in [5, 5.41) is 6.07. The second-order valence-corrected chi connectivity index (χ2v) is 5.09. The summed E-state index contributed by atoms with van der Waals surface area (Å²) in [6.07, 6.45) is 2.78. The Morgan fingerprint density at radius 3 is 3.22 bits per heavy atom. The van der Waals surface area contributed by atoms with Crippen LogP contribution in [-0.2, 0) is 9.53 Å². The number of esters is 1. The molecule has 0 bridgehead atoms. The lowest BCUT2D eigenvalue weighted by Crippen LogP contribution is -2.37. The fraction of sp³-hybridized carbons (Fsp3) is 0.667. The van der Waals surface area contributed by atoms with Gasteiger partial charge in [0.05, 0.1) is 6.61 Å². The molecule has 1 aliphatic heterocycles. The molecule has 0 amide bonds. The summed E-state index contributed by atoms with van der Waals surface area (Å²) in [6.45, 7) is 5.90. The first-order valence-electron chi connectivity index (χ1n) is 6.33. The van der Waals surface area contributed by atoms with E-state index in [4.69, 9.17) is 4.74 Å². The van der Waals surface area contributed by atoms with Crippen LogP contribution >= 0.6 is 11.3 Å². The van der Waals surface area contributed by atoms with E-state index in [-0.39, 0.29) is 12.0 Å². The Morgan fingerprint density at radius 1 is 1.61 bits per heavy atom. The van der Waals surface area contributed by atoms with Gasteiger partial charge in [0.25, 0.3) is 0 Å². The largest absolute Gasteiger partial charge is 0.464 e. The lowest BCUT2D eigenvalue weighted by molar-refractivity contribution is -0.149. The molecule has 0 saturated carbocycles. The molecule has 1 fully saturated rings. The lowest BCUT2D eigenvalue weighted by Gasteiger charge is -2.26. The first-order chi connectivity index (χ1) is 8.83. The Hall–Kier alpha value is -0.980. The molecule has 1 saturated heterocycles. The van der Waals surface area contributed by atoms with E-state index in [1.165, 1.54) is 11.3 Å². The number of carbonyl (C=O) groups is 1. The minimum Gasteiger partial charge on any atom is -0.464 e. The van der Waals surface area contributed by atoms with Crippen LogP contribution in [0.1, 0.15) is 24.4 Å². The summed E-state index contributed by atoms with van der Waals surface area (Å²) in [5.74, 6) is -0.186. The molecule has 0 radical (unpaired) electrons. The molecule has 2 rings (SSSR count). The maximum Gasteiger partial charge on any atom is 0.330 e. The summed E-state index contributed by atoms with van der Waals surface area (Å²) < 4.78 is 5.19. The normalized spacial score (nSPS) is 19.2. The molecule has 0 spiro atoms. The van der Waals surface area contributed by atoms with E-state index in [2.05, 4.69) is 15.2 Å². The fourth-order valence-electron chi connectivity index (χ4n) is 2.12. The molecule has 1 N–H and O–H groups in total. The molecular formula is C12H19N3O2S. The number of carbonyl (C=O) groups excluding carboxylic acids is 1. The van der Waals surface area contributed by atoms with Crippen LogP contribution < -0.4 is 5.32 Å². The highest BCUT2D eigenvalue weighted by Gasteiger charge is 2.31. The van der Waals surface area contributed by atoms with Crippen LogP contribution in [0.25, 0.3) is 0 Å². The smallest absolute Gasteiger partial charge is 0.330 e. The van der Waals surface area contributed by atoms with Gasteiger partial charge in [-0.1, -0.05) is 0 Å². The maximum atomic E-state index is 12.1. The van der Waals surface area contributed by atoms with Crippen LogP contribution in [0.15, 0.2) is 11.6 Å². The second-order valence-electron chi connectivity index (χ2n) is 4.16. The van der Waals surface area contributed by atoms with Crippen molar-refractivity contribution in [1.82, 2.24) is 15.2 Å². The Morgan fingerprint density at radius 2 is 2.50 bits per heavy atom. The quantitative estimate of drug-likeness (QED) is 0.828. The van der Waals surface area contributed by atoms with Gasteiger partial charge in [-0.3, -0.25) is 4.90 Å². The molecule has 2 heterocycles. The van der Waals surface area contributed by atoms with E-state index >= 15 is 0 Å². The number of aromatic nitrogens is 1. The van der Waals surface area contributed by atoms with Gasteiger partial charge in [0.2, 0.25) is 0 Å². The number of rotatable bonds is 4. The zero-order valence-corrected chi connectivity index (χ0v) is 11.4. The number of hydrogen-bond acceptors (Lipinski definition) is 6. The first kappa shape index (κ1) is 13.5. The Kier molecular flexibility index (Phi) is 5.10. The standard InChI is InChI=1S/C12H19N3O2S/c1-2-17-12(16)10(11-14-6-9-18-11)15-7-3-4-13-5-8-15/h6,9-10,13H,2-5,7-8H2,1H3. The van der Waals surface area contributed by atoms with E-state index in [9.17, 15) is 4.79 Å². The first-order valence-corrected chi connectivity index (χ1v) is 7.21. The summed E-state index contributed by atoms with van der Waals surface area (Å²) in [5.41, 5.74) is 0. The van der Waals surface area contributed by atoms with Crippen molar-refractivity contribution in [2.75, 3.05) is 32.8 Å². The van der Waals surface area contributed by atoms with Gasteiger partial charge in [-0.25, -0.2) is 9.78 Å². The van der Waals surface area contributed by atoms with E-state index < -0.39 is 0 Å². The molecule has 1 aliphatic rings. The predicted octanol–water partition coefficient (Wildman–Crippen LogP) is 1.04. The molecule has 0 aromatic carbocycles. The number of hydrogen-bond donors (Lipinski definition) is 1. The molecule has 100 valence electrons. The number of thiazole rings is 1. The van der Waals surface area contributed by atoms with Gasteiger partial charge < -0.3 is 10.1 Å². The number of ether oxygens (including phenoxy) is 1. The highest BCUT2D eigenvalue weighted by molar-refractivity contribution is 7.09. The van der Waals surface area contributed by atoms with Gasteiger partial charge in [0.15, 0.2) is 6.04 Å². The van der Waals surface area contributed by atoms with Crippen molar-refractivity contribution < 1.29 is 9.53 Å². The number of nitrogens with one attached hydrogen (secondary N) is 1. The van der Waals surface area contributed by atoms with E-state index in [1.54, 1.807) is 6.20 Å². The van der Waals surface area contributed by atoms with E-state index in [0.29, 0.717) is 6.61 Å². The molecular weight excluding hydrogens is 250 g/mol. The van der Waals surface area contributed by atoms with Crippen molar-refractivity contribution in [3.63, 3.8) is 0 Å². The second kappa shape index (κ2) is 6.82. The molecule has 1 aromatic heterocycles. The summed E-state index contributed by atoms with van der Waals surface area (Å²) >= 11 is 1.51. The average Bonchev–Trinajstić information content (AvgIpc) is 2.74. The molecule has 1 unspecified atom stereocenters. The highest BCUT2D eigenvalue weighted by atomic mass is 32.1. The average molecular weight is 269 g/mol. The Balaban J connectivity index is 2.15. The third-order valence-electron chi connectivity index (χ3n) is 2.94. The molecule has 5 nitrogen and oxygen atoms in total. The maximum absolute atomic E-state index is 12.1. The molecule has 0 aliphatic carbocycles. The fourth-order valence-corrected chi connectivity index (χ4v) is 2.88. The highest BCUT2D eigenvalue weighted by Crippen LogP contribution is 2.24. The Bertz CT molecular complexity index is 361. The molecule has 18 heavy (non-hydrogen) atoms. The monoisotopic (exact) mass is 269 g/mol. The van der Waals surface area contributed by atoms with Crippen molar-refractivity contribution in [2.45, 2.75) is 19.4 Å². The third-order valence-corrected chi connectivity index (χ3v) is 3.76. The van der Waals surface area contributed by atoms with Gasteiger partial charge in [0.1, 0.15) is 5.01 Å². The summed E-state index contributed by atoms with van der Waals surface area (Å²) in [6, 6.07) is -0.343. The number of nitrogens with zero attached hydrogens (tertiary/aromatic N) is 2. The van der Waals surface area contributed by atoms with Crippen LogP contribution in [0.2, 0.25) is 0 Å². The summed E-state index contributed by atoms with van der Waals surface area (Å²) in [7, 11) is 0. The van der Waals surface area contributed by atoms with Crippen molar-refractivity contribution in [3.8, 4) is 0 Å². The molecule has 1 atom stereocenters. The zero-order valence-electron chi connectivity index (χ0n) is 10.6. The lowest BCUT2D eigenvalue weighted by atomic mass is 10.2. The topological polar surface area (TPSA) is 54.5 Å². The minimum absolute atomic E-state index is 0.186. The predicted molar refractivity (Wildman–Crippen MR) is 70.5 cm³/mol. The van der Waals surface area contributed by atoms with Gasteiger partial charge in [-0.15, -0.1) is 11.3 Å². The van der Waals surface area contributed by atoms with Crippen LogP contribution in [0, 0.1) is 0 Å². The van der Waals surface area contributed by atoms with E-state index in [0.717, 1.165) is 37.6 Å². The molecule has 6 heteroatoms. The minimum atomic E-state index is -0.343. The van der Waals surface area contributed by atoms with E-state index in [1.807, 2.05) is 12.3 Å². The van der Waals surface area contributed by atoms with Gasteiger partial charge in [0, 0.05) is 31.2 Å². The Labute approximate surface area is 111 Å². The van der Waals surface area contributed by atoms with Gasteiger partial charge in [-0.05, 0) is 19.9 Å². The van der Waals surface area contributed by atoms with Gasteiger partial charge in [-0.2, -0.15) is 0 Å². The van der Waals surface area contributed by atoms with Crippen molar-refractivity contribution >= 4 is 17.3 Å². The SMILES string of the molecule is CCOC(=O)C(c1nccs1)N1CCCNCC1. The third kappa shape index (κ3) is 3.28. The van der Waals surface area contributed by atoms with Crippen LogP contribution in [0.5, 0.6) is 0 Å². The molecule has 1 aromatic rings. The van der Waals surface area contributed by atoms with Crippen molar-refractivity contribution in [1.29, 1.82) is 0 Å². The zero-order chi connectivity index (χ0) is 12.8. The van der Waals surface area contributed by atoms with Crippen molar-refractivity contribution in [2.24, 2.45) is 0 Å². The van der Waals surface area contributed by atoms with Crippen LogP contribution in [-0.4, -0.2) is 48.6 Å². The van der Waals surface area contributed by atoms with Crippen LogP contribution in [0.4, 0.5) is 0 Å². The van der Waals surface area contributed by atoms with Gasteiger partial charge >= 0.3 is 5.97 Å².